The second kappa shape index (κ2) is 8.99. The van der Waals surface area contributed by atoms with Gasteiger partial charge in [-0.15, -0.1) is 0 Å². The molecule has 0 amide bonds. The Labute approximate surface area is 188 Å². The summed E-state index contributed by atoms with van der Waals surface area (Å²) < 4.78 is 27.6. The topological polar surface area (TPSA) is 98.7 Å². The van der Waals surface area contributed by atoms with Gasteiger partial charge in [-0.3, -0.25) is 4.90 Å². The number of aliphatic hydroxyl groups is 1. The fourth-order valence-corrected chi connectivity index (χ4v) is 5.87. The quantitative estimate of drug-likeness (QED) is 0.633. The zero-order valence-electron chi connectivity index (χ0n) is 17.5. The smallest absolute Gasteiger partial charge is 0.243 e. The van der Waals surface area contributed by atoms with E-state index in [-0.39, 0.29) is 4.90 Å². The van der Waals surface area contributed by atoms with Crippen molar-refractivity contribution in [2.75, 3.05) is 31.5 Å². The van der Waals surface area contributed by atoms with Gasteiger partial charge < -0.3 is 10.4 Å². The van der Waals surface area contributed by atoms with Crippen LogP contribution in [-0.4, -0.2) is 70.5 Å². The first-order valence-electron chi connectivity index (χ1n) is 10.6. The van der Waals surface area contributed by atoms with Gasteiger partial charge in [0.2, 0.25) is 16.0 Å². The van der Waals surface area contributed by atoms with Crippen LogP contribution in [0.1, 0.15) is 32.6 Å². The van der Waals surface area contributed by atoms with Crippen molar-refractivity contribution in [3.8, 4) is 0 Å². The summed E-state index contributed by atoms with van der Waals surface area (Å²) in [5.41, 5.74) is -0.163. The zero-order chi connectivity index (χ0) is 22.1. The average Bonchev–Trinajstić information content (AvgIpc) is 3.12. The fraction of sp³-hybridized carbons (Fsp3) is 0.524. The Morgan fingerprint density at radius 2 is 1.90 bits per heavy atom. The number of hydrogen-bond acceptors (Lipinski definition) is 7. The van der Waals surface area contributed by atoms with E-state index in [0.29, 0.717) is 55.3 Å². The van der Waals surface area contributed by atoms with E-state index in [1.165, 1.54) is 4.31 Å². The van der Waals surface area contributed by atoms with Crippen LogP contribution in [0.2, 0.25) is 5.15 Å². The molecule has 2 aliphatic rings. The third kappa shape index (κ3) is 5.18. The zero-order valence-corrected chi connectivity index (χ0v) is 19.1. The van der Waals surface area contributed by atoms with Crippen molar-refractivity contribution >= 4 is 33.3 Å². The lowest BCUT2D eigenvalue weighted by Gasteiger charge is -2.40. The van der Waals surface area contributed by atoms with Gasteiger partial charge in [-0.25, -0.2) is 18.4 Å². The molecular formula is C21H28ClN5O3S. The Balaban J connectivity index is 1.38. The van der Waals surface area contributed by atoms with Crippen LogP contribution in [0.25, 0.3) is 0 Å². The molecule has 1 aromatic carbocycles. The van der Waals surface area contributed by atoms with Gasteiger partial charge >= 0.3 is 0 Å². The molecule has 2 aromatic rings. The molecule has 2 saturated heterocycles. The minimum Gasteiger partial charge on any atom is -0.388 e. The number of benzene rings is 1. The minimum atomic E-state index is -3.62. The van der Waals surface area contributed by atoms with E-state index in [0.717, 1.165) is 19.4 Å². The Kier molecular flexibility index (Phi) is 6.50. The van der Waals surface area contributed by atoms with Gasteiger partial charge in [0.05, 0.1) is 10.5 Å². The van der Waals surface area contributed by atoms with Crippen molar-refractivity contribution < 1.29 is 13.5 Å². The largest absolute Gasteiger partial charge is 0.388 e. The summed E-state index contributed by atoms with van der Waals surface area (Å²) in [6.07, 6.45) is 4.75. The maximum Gasteiger partial charge on any atom is 0.243 e. The second-order valence-corrected chi connectivity index (χ2v) is 10.8. The number of aromatic nitrogens is 2. The molecule has 2 aliphatic heterocycles. The molecule has 0 spiro atoms. The van der Waals surface area contributed by atoms with Crippen LogP contribution < -0.4 is 5.32 Å². The molecule has 2 N–H and O–H groups in total. The molecular weight excluding hydrogens is 438 g/mol. The summed E-state index contributed by atoms with van der Waals surface area (Å²) in [6, 6.07) is 8.53. The van der Waals surface area contributed by atoms with Gasteiger partial charge in [-0.05, 0) is 69.5 Å². The fourth-order valence-electron chi connectivity index (χ4n) is 4.29. The van der Waals surface area contributed by atoms with E-state index >= 15 is 0 Å². The molecule has 0 bridgehead atoms. The maximum absolute atomic E-state index is 13.1. The molecule has 1 aromatic heterocycles. The summed E-state index contributed by atoms with van der Waals surface area (Å²) in [5, 5.41) is 14.3. The number of sulfonamides is 1. The van der Waals surface area contributed by atoms with Gasteiger partial charge in [-0.1, -0.05) is 11.6 Å². The van der Waals surface area contributed by atoms with E-state index < -0.39 is 15.6 Å². The first-order valence-corrected chi connectivity index (χ1v) is 12.4. The number of rotatable bonds is 6. The molecule has 2 fully saturated rings. The van der Waals surface area contributed by atoms with Crippen LogP contribution in [0.5, 0.6) is 0 Å². The highest BCUT2D eigenvalue weighted by Gasteiger charge is 2.39. The first-order chi connectivity index (χ1) is 14.7. The normalized spacial score (nSPS) is 22.5. The molecule has 0 unspecified atom stereocenters. The standard InChI is InChI=1S/C21H28ClN5O3S/c1-16-3-2-12-26(16)15-21(28)9-13-27(14-10-21)31(29,30)18-6-4-17(5-7-18)24-20-23-11-8-19(22)25-20/h4-8,11,16,28H,2-3,9-10,12-15H2,1H3,(H,23,24,25)/t16-/m1/s1. The van der Waals surface area contributed by atoms with E-state index in [9.17, 15) is 13.5 Å². The number of hydrogen-bond donors (Lipinski definition) is 2. The summed E-state index contributed by atoms with van der Waals surface area (Å²) in [7, 11) is -3.62. The monoisotopic (exact) mass is 465 g/mol. The van der Waals surface area contributed by atoms with Gasteiger partial charge in [0.25, 0.3) is 0 Å². The van der Waals surface area contributed by atoms with Gasteiger partial charge in [0, 0.05) is 37.6 Å². The number of β-amino-alcohol motifs (C(OH)–C–C–N with tert-alkyl or cyclic N) is 1. The second-order valence-electron chi connectivity index (χ2n) is 8.44. The molecule has 0 aliphatic carbocycles. The van der Waals surface area contributed by atoms with Crippen molar-refractivity contribution in [3.05, 3.63) is 41.7 Å². The van der Waals surface area contributed by atoms with E-state index in [4.69, 9.17) is 11.6 Å². The van der Waals surface area contributed by atoms with Crippen LogP contribution in [0, 0.1) is 0 Å². The molecule has 4 rings (SSSR count). The summed E-state index contributed by atoms with van der Waals surface area (Å²) in [5.74, 6) is 0.339. The Morgan fingerprint density at radius 3 is 2.52 bits per heavy atom. The predicted octanol–water partition coefficient (Wildman–Crippen LogP) is 2.87. The lowest BCUT2D eigenvalue weighted by atomic mass is 9.91. The summed E-state index contributed by atoms with van der Waals surface area (Å²) in [6.45, 7) is 4.45. The van der Waals surface area contributed by atoms with Crippen molar-refractivity contribution in [2.45, 2.75) is 49.1 Å². The highest BCUT2D eigenvalue weighted by molar-refractivity contribution is 7.89. The Morgan fingerprint density at radius 1 is 1.19 bits per heavy atom. The molecule has 10 heteroatoms. The third-order valence-electron chi connectivity index (χ3n) is 6.21. The average molecular weight is 466 g/mol. The molecule has 0 saturated carbocycles. The minimum absolute atomic E-state index is 0.226. The van der Waals surface area contributed by atoms with Crippen molar-refractivity contribution in [3.63, 3.8) is 0 Å². The molecule has 168 valence electrons. The highest BCUT2D eigenvalue weighted by atomic mass is 35.5. The molecule has 1 atom stereocenters. The highest BCUT2D eigenvalue weighted by Crippen LogP contribution is 2.30. The van der Waals surface area contributed by atoms with Gasteiger partial charge in [0.1, 0.15) is 5.15 Å². The number of piperidine rings is 1. The molecule has 8 nitrogen and oxygen atoms in total. The van der Waals surface area contributed by atoms with Crippen LogP contribution in [-0.2, 0) is 10.0 Å². The van der Waals surface area contributed by atoms with Gasteiger partial charge in [-0.2, -0.15) is 4.31 Å². The molecule has 3 heterocycles. The number of likely N-dealkylation sites (tertiary alicyclic amines) is 1. The summed E-state index contributed by atoms with van der Waals surface area (Å²) >= 11 is 5.86. The van der Waals surface area contributed by atoms with E-state index in [1.807, 2.05) is 0 Å². The molecule has 0 radical (unpaired) electrons. The maximum atomic E-state index is 13.1. The van der Waals surface area contributed by atoms with Crippen LogP contribution in [0.3, 0.4) is 0 Å². The van der Waals surface area contributed by atoms with Crippen molar-refractivity contribution in [1.29, 1.82) is 0 Å². The van der Waals surface area contributed by atoms with Crippen LogP contribution in [0.4, 0.5) is 11.6 Å². The van der Waals surface area contributed by atoms with Gasteiger partial charge in [0.15, 0.2) is 0 Å². The van der Waals surface area contributed by atoms with Crippen molar-refractivity contribution in [1.82, 2.24) is 19.2 Å². The number of nitrogens with zero attached hydrogens (tertiary/aromatic N) is 4. The number of anilines is 2. The predicted molar refractivity (Wildman–Crippen MR) is 120 cm³/mol. The van der Waals surface area contributed by atoms with Crippen LogP contribution >= 0.6 is 11.6 Å². The lowest BCUT2D eigenvalue weighted by Crippen LogP contribution is -2.52. The van der Waals surface area contributed by atoms with E-state index in [1.54, 1.807) is 36.5 Å². The van der Waals surface area contributed by atoms with Crippen molar-refractivity contribution in [2.24, 2.45) is 0 Å². The SMILES string of the molecule is C[C@@H]1CCCN1CC1(O)CCN(S(=O)(=O)c2ccc(Nc3nccc(Cl)n3)cc2)CC1. The third-order valence-corrected chi connectivity index (χ3v) is 8.33. The number of halogens is 1. The van der Waals surface area contributed by atoms with Crippen LogP contribution in [0.15, 0.2) is 41.4 Å². The lowest BCUT2D eigenvalue weighted by molar-refractivity contribution is -0.0342. The molecule has 31 heavy (non-hydrogen) atoms. The Bertz CT molecular complexity index is 1010. The first kappa shape index (κ1) is 22.4. The number of nitrogens with one attached hydrogen (secondary N) is 1. The summed E-state index contributed by atoms with van der Waals surface area (Å²) in [4.78, 5) is 10.7. The Hall–Kier alpha value is -1.78. The van der Waals surface area contributed by atoms with E-state index in [2.05, 4.69) is 27.1 Å².